The first-order chi connectivity index (χ1) is 11.4. The van der Waals surface area contributed by atoms with Gasteiger partial charge in [0.2, 0.25) is 5.69 Å². The Hall–Kier alpha value is -3.20. The maximum Gasteiger partial charge on any atom is 0.309 e. The van der Waals surface area contributed by atoms with E-state index in [1.54, 1.807) is 0 Å². The van der Waals surface area contributed by atoms with Crippen molar-refractivity contribution in [2.75, 3.05) is 6.54 Å². The van der Waals surface area contributed by atoms with Crippen molar-refractivity contribution >= 4 is 28.8 Å². The fraction of sp³-hybridized carbons (Fsp3) is 0.462. The zero-order valence-electron chi connectivity index (χ0n) is 12.9. The summed E-state index contributed by atoms with van der Waals surface area (Å²) in [5.74, 6) is 0. The van der Waals surface area contributed by atoms with Crippen LogP contribution in [0.25, 0.3) is 0 Å². The molecule has 0 fully saturated rings. The smallest absolute Gasteiger partial charge is 0.258 e. The van der Waals surface area contributed by atoms with Crippen molar-refractivity contribution in [1.82, 2.24) is 0 Å². The van der Waals surface area contributed by atoms with Crippen molar-refractivity contribution < 1.29 is 14.8 Å². The predicted octanol–water partition coefficient (Wildman–Crippen LogP) is 3.80. The summed E-state index contributed by atoms with van der Waals surface area (Å²) in [6, 6.07) is 3.43. The van der Waals surface area contributed by atoms with Crippen molar-refractivity contribution in [3.8, 4) is 0 Å². The topological polar surface area (TPSA) is 154 Å². The van der Waals surface area contributed by atoms with Crippen LogP contribution in [-0.4, -0.2) is 27.3 Å². The zero-order chi connectivity index (χ0) is 18.1. The Balaban J connectivity index is 3.20. The minimum absolute atomic E-state index is 0.387. The molecule has 0 aromatic heterocycles. The van der Waals surface area contributed by atoms with Gasteiger partial charge >= 0.3 is 11.4 Å². The van der Waals surface area contributed by atoms with Crippen LogP contribution in [0.3, 0.4) is 0 Å². The number of benzene rings is 1. The van der Waals surface area contributed by atoms with Gasteiger partial charge in [-0.2, -0.15) is 4.99 Å². The maximum absolute atomic E-state index is 11.0. The Morgan fingerprint density at radius 1 is 0.958 bits per heavy atom. The molecule has 0 spiro atoms. The van der Waals surface area contributed by atoms with Crippen molar-refractivity contribution in [3.05, 3.63) is 42.5 Å². The highest BCUT2D eigenvalue weighted by atomic mass is 16.6. The van der Waals surface area contributed by atoms with E-state index in [1.165, 1.54) is 0 Å². The molecule has 0 aliphatic rings. The first kappa shape index (κ1) is 18.8. The van der Waals surface area contributed by atoms with Gasteiger partial charge in [-0.3, -0.25) is 30.3 Å². The molecule has 11 heteroatoms. The molecular weight excluding hydrogens is 322 g/mol. The highest BCUT2D eigenvalue weighted by molar-refractivity contribution is 5.76. The fourth-order valence-corrected chi connectivity index (χ4v) is 1.84. The molecule has 0 radical (unpaired) electrons. The summed E-state index contributed by atoms with van der Waals surface area (Å²) in [5.41, 5.74) is -3.06. The molecule has 0 heterocycles. The van der Waals surface area contributed by atoms with Crippen LogP contribution < -0.4 is 0 Å². The molecule has 0 unspecified atom stereocenters. The van der Waals surface area contributed by atoms with E-state index in [1.807, 2.05) is 0 Å². The van der Waals surface area contributed by atoms with Gasteiger partial charge in [0.25, 0.3) is 5.69 Å². The lowest BCUT2D eigenvalue weighted by Crippen LogP contribution is -1.97. The summed E-state index contributed by atoms with van der Waals surface area (Å²) in [7, 11) is 0. The van der Waals surface area contributed by atoms with Crippen LogP contribution in [0.2, 0.25) is 0 Å². The van der Waals surface area contributed by atoms with Crippen LogP contribution in [0.5, 0.6) is 0 Å². The lowest BCUT2D eigenvalue weighted by atomic mass is 10.2. The summed E-state index contributed by atoms with van der Waals surface area (Å²) in [6.07, 6.45) is 3.84. The summed E-state index contributed by atoms with van der Waals surface area (Å²) in [6.45, 7) is 2.44. The van der Waals surface area contributed by atoms with Crippen molar-refractivity contribution in [1.29, 1.82) is 0 Å². The lowest BCUT2D eigenvalue weighted by molar-refractivity contribution is -0.402. The maximum atomic E-state index is 11.0. The molecule has 0 bridgehead atoms. The highest BCUT2D eigenvalue weighted by Gasteiger charge is 2.30. The monoisotopic (exact) mass is 337 g/mol. The number of nitrogens with zero attached hydrogens (tertiary/aromatic N) is 5. The van der Waals surface area contributed by atoms with Gasteiger partial charge in [-0.05, 0) is 6.42 Å². The average molecular weight is 337 g/mol. The largest absolute Gasteiger partial charge is 0.309 e. The molecule has 0 aliphatic heterocycles. The Morgan fingerprint density at radius 2 is 1.54 bits per heavy atom. The van der Waals surface area contributed by atoms with Crippen molar-refractivity contribution in [2.45, 2.75) is 32.6 Å². The molecule has 24 heavy (non-hydrogen) atoms. The molecule has 0 N–H and O–H groups in total. The lowest BCUT2D eigenvalue weighted by Gasteiger charge is -1.98. The van der Waals surface area contributed by atoms with Gasteiger partial charge in [-0.1, -0.05) is 26.2 Å². The van der Waals surface area contributed by atoms with Gasteiger partial charge < -0.3 is 0 Å². The average Bonchev–Trinajstić information content (AvgIpc) is 2.53. The third kappa shape index (κ3) is 5.21. The summed E-state index contributed by atoms with van der Waals surface area (Å²) in [5, 5.41) is 32.8. The van der Waals surface area contributed by atoms with Gasteiger partial charge in [0, 0.05) is 6.54 Å². The van der Waals surface area contributed by atoms with E-state index in [4.69, 9.17) is 0 Å². The van der Waals surface area contributed by atoms with Crippen LogP contribution >= 0.6 is 0 Å². The molecule has 0 saturated carbocycles. The molecule has 128 valence electrons. The van der Waals surface area contributed by atoms with Crippen LogP contribution in [0.4, 0.5) is 22.7 Å². The number of rotatable bonds is 9. The second kappa shape index (κ2) is 9.06. The number of non-ortho nitro benzene ring substituents is 1. The first-order valence-corrected chi connectivity index (χ1v) is 7.12. The van der Waals surface area contributed by atoms with E-state index in [9.17, 15) is 30.3 Å². The van der Waals surface area contributed by atoms with Crippen molar-refractivity contribution in [3.63, 3.8) is 0 Å². The molecule has 11 nitrogen and oxygen atoms in total. The Morgan fingerprint density at radius 3 is 2.00 bits per heavy atom. The summed E-state index contributed by atoms with van der Waals surface area (Å²) < 4.78 is 0. The fourth-order valence-electron chi connectivity index (χ4n) is 1.84. The minimum atomic E-state index is -0.970. The number of unbranched alkanes of at least 4 members (excludes halogenated alkanes) is 3. The second-order valence-electron chi connectivity index (χ2n) is 4.76. The Labute approximate surface area is 136 Å². The molecule has 1 aromatic carbocycles. The molecular formula is C13H15N5O6. The molecule has 0 amide bonds. The molecule has 1 aromatic rings. The number of nitro groups is 3. The van der Waals surface area contributed by atoms with E-state index in [0.29, 0.717) is 18.7 Å². The normalized spacial score (nSPS) is 9.88. The summed E-state index contributed by atoms with van der Waals surface area (Å²) >= 11 is 0. The van der Waals surface area contributed by atoms with Gasteiger partial charge in [0.1, 0.15) is 0 Å². The Bertz CT molecular complexity index is 676. The van der Waals surface area contributed by atoms with Crippen LogP contribution in [-0.2, 0) is 0 Å². The van der Waals surface area contributed by atoms with E-state index in [-0.39, 0.29) is 0 Å². The van der Waals surface area contributed by atoms with E-state index in [2.05, 4.69) is 22.9 Å². The van der Waals surface area contributed by atoms with E-state index in [0.717, 1.165) is 25.7 Å². The van der Waals surface area contributed by atoms with Crippen LogP contribution in [0.1, 0.15) is 32.6 Å². The van der Waals surface area contributed by atoms with Crippen LogP contribution in [0, 0.1) is 30.3 Å². The second-order valence-corrected chi connectivity index (χ2v) is 4.76. The third-order valence-corrected chi connectivity index (χ3v) is 3.01. The highest BCUT2D eigenvalue weighted by Crippen LogP contribution is 2.40. The molecule has 0 atom stereocenters. The number of nitro benzene ring substituents is 3. The Kier molecular flexibility index (Phi) is 7.11. The number of hydrogen-bond donors (Lipinski definition) is 0. The van der Waals surface area contributed by atoms with Crippen molar-refractivity contribution in [2.24, 2.45) is 9.98 Å². The first-order valence-electron chi connectivity index (χ1n) is 7.12. The van der Waals surface area contributed by atoms with Gasteiger partial charge in [0.15, 0.2) is 0 Å². The molecule has 1 rings (SSSR count). The van der Waals surface area contributed by atoms with Gasteiger partial charge in [-0.15, -0.1) is 0 Å². The number of aliphatic imine (C=N–C) groups is 2. The van der Waals surface area contributed by atoms with E-state index >= 15 is 0 Å². The van der Waals surface area contributed by atoms with Gasteiger partial charge in [0.05, 0.1) is 32.9 Å². The predicted molar refractivity (Wildman–Crippen MR) is 84.9 cm³/mol. The van der Waals surface area contributed by atoms with Crippen LogP contribution in [0.15, 0.2) is 22.1 Å². The standard InChI is InChI=1S/C13H15N5O6/c1-2-3-4-5-6-14-9-15-13-11(17(21)22)7-10(16(19)20)8-12(13)18(23)24/h7-8H,2-6H2,1H3. The minimum Gasteiger partial charge on any atom is -0.258 e. The van der Waals surface area contributed by atoms with Gasteiger partial charge in [-0.25, -0.2) is 4.99 Å². The summed E-state index contributed by atoms with van der Waals surface area (Å²) in [4.78, 5) is 37.2. The number of hydrogen-bond acceptors (Lipinski definition) is 8. The SMILES string of the molecule is CCCCCCN=C=Nc1c([N+](=O)[O-])cc([N+](=O)[O-])cc1[N+](=O)[O-]. The molecule has 0 saturated heterocycles. The zero-order valence-corrected chi connectivity index (χ0v) is 12.9. The quantitative estimate of drug-likeness (QED) is 0.289. The third-order valence-electron chi connectivity index (χ3n) is 3.01. The van der Waals surface area contributed by atoms with E-state index < -0.39 is 37.5 Å². The molecule has 0 aliphatic carbocycles.